The number of carbonyl (C=O) groups is 2. The van der Waals surface area contributed by atoms with Crippen LogP contribution in [-0.4, -0.2) is 105 Å². The summed E-state index contributed by atoms with van der Waals surface area (Å²) >= 11 is 0. The molecule has 0 radical (unpaired) electrons. The van der Waals surface area contributed by atoms with Crippen molar-refractivity contribution in [3.05, 3.63) is 71.3 Å². The molecule has 0 unspecified atom stereocenters. The highest BCUT2D eigenvalue weighted by molar-refractivity contribution is 7.91. The molecule has 2 aromatic rings. The number of hydrogen-bond donors (Lipinski definition) is 0. The number of morpholine rings is 1. The molecule has 1 saturated carbocycles. The molecule has 0 atom stereocenters. The maximum absolute atomic E-state index is 12.0. The van der Waals surface area contributed by atoms with Gasteiger partial charge in [-0.25, -0.2) is 8.42 Å². The molecular weight excluding hydrogens is 839 g/mol. The van der Waals surface area contributed by atoms with Gasteiger partial charge in [0.25, 0.3) is 11.8 Å². The van der Waals surface area contributed by atoms with Gasteiger partial charge in [-0.3, -0.25) is 19.4 Å². The van der Waals surface area contributed by atoms with Crippen molar-refractivity contribution in [2.24, 2.45) is 34.5 Å². The predicted molar refractivity (Wildman–Crippen MR) is 292 cm³/mol. The molecule has 3 heterocycles. The molecule has 4 aliphatic rings. The van der Waals surface area contributed by atoms with Crippen molar-refractivity contribution in [3.63, 3.8) is 0 Å². The smallest absolute Gasteiger partial charge is 0.261 e. The van der Waals surface area contributed by atoms with Gasteiger partial charge in [0, 0.05) is 45.8 Å². The number of benzene rings is 2. The van der Waals surface area contributed by atoms with E-state index in [1.165, 1.54) is 42.7 Å². The Morgan fingerprint density at radius 3 is 1.30 bits per heavy atom. The largest absolute Gasteiger partial charge is 0.379 e. The zero-order valence-corrected chi connectivity index (χ0v) is 48.2. The fourth-order valence-electron chi connectivity index (χ4n) is 6.84. The molecule has 9 heteroatoms. The summed E-state index contributed by atoms with van der Waals surface area (Å²) in [6.45, 7) is 54.4. The van der Waals surface area contributed by atoms with Crippen LogP contribution < -0.4 is 0 Å². The molecule has 0 N–H and O–H groups in total. The van der Waals surface area contributed by atoms with E-state index >= 15 is 0 Å². The Balaban J connectivity index is -0.000000353. The Morgan fingerprint density at radius 1 is 0.561 bits per heavy atom. The van der Waals surface area contributed by atoms with E-state index < -0.39 is 9.84 Å². The van der Waals surface area contributed by atoms with Crippen molar-refractivity contribution in [2.45, 2.75) is 178 Å². The number of amides is 2. The van der Waals surface area contributed by atoms with E-state index in [1.54, 1.807) is 24.3 Å². The number of ether oxygens (including phenoxy) is 1. The predicted octanol–water partition coefficient (Wildman–Crippen LogP) is 14.5. The second kappa shape index (κ2) is 40.3. The van der Waals surface area contributed by atoms with Gasteiger partial charge >= 0.3 is 0 Å². The van der Waals surface area contributed by atoms with Gasteiger partial charge in [-0.2, -0.15) is 0 Å². The van der Waals surface area contributed by atoms with Gasteiger partial charge in [0.15, 0.2) is 9.84 Å². The van der Waals surface area contributed by atoms with Crippen LogP contribution in [0.3, 0.4) is 0 Å². The van der Waals surface area contributed by atoms with Crippen LogP contribution in [0.4, 0.5) is 0 Å². The molecule has 3 fully saturated rings. The third-order valence-corrected chi connectivity index (χ3v) is 11.0. The number of rotatable bonds is 8. The molecule has 8 nitrogen and oxygen atoms in total. The number of carbonyl (C=O) groups excluding carboxylic acids is 2. The molecule has 2 amide bonds. The normalized spacial score (nSPS) is 16.2. The molecule has 6 rings (SSSR count). The zero-order valence-electron chi connectivity index (χ0n) is 47.4. The average molecular weight is 949 g/mol. The van der Waals surface area contributed by atoms with E-state index in [0.29, 0.717) is 42.3 Å². The molecule has 0 bridgehead atoms. The fourth-order valence-corrected chi connectivity index (χ4v) is 8.12. The summed E-state index contributed by atoms with van der Waals surface area (Å²) in [5, 5.41) is 0. The van der Waals surface area contributed by atoms with Crippen LogP contribution in [0.2, 0.25) is 0 Å². The third-order valence-electron chi connectivity index (χ3n) is 9.36. The SMILES string of the molecule is CC.CC.CC.CC.CC.CC(C)(C)CN1C(=O)c2ccccc2C1=O.CC(C)(C)CN1CCS(=O)(=O)CC1.CC(C)CC1CC1.CC(C)CN1CCOCC1.CC(C)Cc1ccccc1. The van der Waals surface area contributed by atoms with E-state index in [4.69, 9.17) is 4.74 Å². The Labute approximate surface area is 411 Å². The topological polar surface area (TPSA) is 87.2 Å². The summed E-state index contributed by atoms with van der Waals surface area (Å²) in [6, 6.07) is 17.6. The first-order valence-corrected chi connectivity index (χ1v) is 28.1. The van der Waals surface area contributed by atoms with Gasteiger partial charge in [-0.1, -0.05) is 208 Å². The van der Waals surface area contributed by atoms with E-state index in [0.717, 1.165) is 56.5 Å². The first-order valence-electron chi connectivity index (χ1n) is 26.3. The summed E-state index contributed by atoms with van der Waals surface area (Å²) in [6.07, 6.45) is 5.69. The number of nitrogens with zero attached hydrogens (tertiary/aromatic N) is 3. The summed E-state index contributed by atoms with van der Waals surface area (Å²) in [5.41, 5.74) is 2.68. The number of sulfone groups is 1. The Morgan fingerprint density at radius 2 is 0.970 bits per heavy atom. The van der Waals surface area contributed by atoms with Gasteiger partial charge in [0.05, 0.1) is 35.8 Å². The summed E-state index contributed by atoms with van der Waals surface area (Å²) in [4.78, 5) is 30.0. The lowest BCUT2D eigenvalue weighted by molar-refractivity contribution is 0.0328. The first-order chi connectivity index (χ1) is 31.0. The lowest BCUT2D eigenvalue weighted by Crippen LogP contribution is -2.43. The Kier molecular flexibility index (Phi) is 42.7. The molecule has 1 aliphatic carbocycles. The van der Waals surface area contributed by atoms with Gasteiger partial charge < -0.3 is 9.64 Å². The minimum atomic E-state index is -2.71. The highest BCUT2D eigenvalue weighted by Crippen LogP contribution is 2.34. The molecule has 2 aromatic carbocycles. The molecular formula is C57H109N3O5S. The van der Waals surface area contributed by atoms with Crippen molar-refractivity contribution >= 4 is 21.7 Å². The molecule has 3 aliphatic heterocycles. The first kappa shape index (κ1) is 70.0. The molecule has 0 spiro atoms. The van der Waals surface area contributed by atoms with Gasteiger partial charge in [-0.15, -0.1) is 0 Å². The van der Waals surface area contributed by atoms with E-state index in [2.05, 4.69) is 102 Å². The fraction of sp³-hybridized carbons (Fsp3) is 0.754. The number of hydrogen-bond acceptors (Lipinski definition) is 7. The van der Waals surface area contributed by atoms with E-state index in [1.807, 2.05) is 90.0 Å². The lowest BCUT2D eigenvalue weighted by Gasteiger charge is -2.32. The highest BCUT2D eigenvalue weighted by atomic mass is 32.2. The van der Waals surface area contributed by atoms with Crippen LogP contribution in [0.1, 0.15) is 198 Å². The molecule has 388 valence electrons. The monoisotopic (exact) mass is 948 g/mol. The van der Waals surface area contributed by atoms with Crippen LogP contribution >= 0.6 is 0 Å². The minimum absolute atomic E-state index is 0.0760. The van der Waals surface area contributed by atoms with Crippen LogP contribution in [0.25, 0.3) is 0 Å². The summed E-state index contributed by atoms with van der Waals surface area (Å²) in [5.74, 6) is 3.95. The second-order valence-electron chi connectivity index (χ2n) is 19.8. The van der Waals surface area contributed by atoms with Gasteiger partial charge in [-0.05, 0) is 65.0 Å². The molecule has 2 saturated heterocycles. The number of imide groups is 1. The second-order valence-corrected chi connectivity index (χ2v) is 22.1. The van der Waals surface area contributed by atoms with Crippen molar-refractivity contribution < 1.29 is 22.7 Å². The van der Waals surface area contributed by atoms with Crippen molar-refractivity contribution in [1.82, 2.24) is 14.7 Å². The van der Waals surface area contributed by atoms with Crippen LogP contribution in [-0.2, 0) is 21.0 Å². The minimum Gasteiger partial charge on any atom is -0.379 e. The van der Waals surface area contributed by atoms with Gasteiger partial charge in [0.2, 0.25) is 0 Å². The Bertz CT molecular complexity index is 1490. The van der Waals surface area contributed by atoms with Crippen LogP contribution in [0.15, 0.2) is 54.6 Å². The van der Waals surface area contributed by atoms with Crippen LogP contribution in [0.5, 0.6) is 0 Å². The standard InChI is InChI=1S/C13H15NO2.C10H14.C9H19NO2S.C8H17NO.C7H14.5C2H6/c1-13(2,3)8-14-11(15)9-6-4-5-7-10(9)12(14)16;1-9(2)8-10-6-4-3-5-7-10;1-9(2,3)8-10-4-6-13(11,12)7-5-10;1-8(2)7-9-3-5-10-6-4-9;1-6(2)5-7-3-4-7;5*1-2/h4-7H,8H2,1-3H3;3-7,9H,8H2,1-2H3;4-8H2,1-3H3;8H,3-7H2,1-2H3;6-7H,3-5H2,1-2H3;5*1-2H3. The maximum Gasteiger partial charge on any atom is 0.261 e. The van der Waals surface area contributed by atoms with E-state index in [9.17, 15) is 18.0 Å². The highest BCUT2D eigenvalue weighted by Gasteiger charge is 2.37. The molecule has 66 heavy (non-hydrogen) atoms. The zero-order chi connectivity index (χ0) is 52.1. The van der Waals surface area contributed by atoms with Crippen molar-refractivity contribution in [2.75, 3.05) is 70.5 Å². The third kappa shape index (κ3) is 37.4. The summed E-state index contributed by atoms with van der Waals surface area (Å²) < 4.78 is 27.5. The Hall–Kier alpha value is -2.59. The quantitative estimate of drug-likeness (QED) is 0.244. The van der Waals surface area contributed by atoms with Crippen molar-refractivity contribution in [1.29, 1.82) is 0 Å². The number of fused-ring (bicyclic) bond motifs is 1. The lowest BCUT2D eigenvalue weighted by atomic mass is 9.96. The average Bonchev–Trinajstić information content (AvgIpc) is 4.07. The molecule has 0 aromatic heterocycles. The van der Waals surface area contributed by atoms with Crippen molar-refractivity contribution in [3.8, 4) is 0 Å². The van der Waals surface area contributed by atoms with E-state index in [-0.39, 0.29) is 22.6 Å². The summed E-state index contributed by atoms with van der Waals surface area (Å²) in [7, 11) is -2.71. The van der Waals surface area contributed by atoms with Gasteiger partial charge in [0.1, 0.15) is 0 Å². The maximum atomic E-state index is 12.0. The van der Waals surface area contributed by atoms with Crippen LogP contribution in [0, 0.1) is 34.5 Å².